The summed E-state index contributed by atoms with van der Waals surface area (Å²) < 4.78 is 7.25. The molecule has 0 saturated heterocycles. The Kier molecular flexibility index (Phi) is 2.84. The van der Waals surface area contributed by atoms with Crippen LogP contribution in [0.1, 0.15) is 5.76 Å². The van der Waals surface area contributed by atoms with Gasteiger partial charge in [-0.2, -0.15) is 0 Å². The van der Waals surface area contributed by atoms with Gasteiger partial charge in [0.05, 0.1) is 19.1 Å². The molecule has 0 aliphatic carbocycles. The molecule has 3 aromatic rings. The highest BCUT2D eigenvalue weighted by atomic mass is 16.3. The normalized spacial score (nSPS) is 10.4. The highest BCUT2D eigenvalue weighted by molar-refractivity contribution is 5.51. The van der Waals surface area contributed by atoms with E-state index in [-0.39, 0.29) is 0 Å². The second-order valence-corrected chi connectivity index (χ2v) is 3.95. The van der Waals surface area contributed by atoms with Gasteiger partial charge in [0, 0.05) is 23.8 Å². The van der Waals surface area contributed by atoms with Gasteiger partial charge in [-0.1, -0.05) is 6.07 Å². The van der Waals surface area contributed by atoms with E-state index < -0.39 is 0 Å². The number of nitrogens with one attached hydrogen (secondary N) is 1. The molecule has 90 valence electrons. The van der Waals surface area contributed by atoms with Crippen molar-refractivity contribution in [2.24, 2.45) is 0 Å². The number of hydrogen-bond donors (Lipinski definition) is 1. The van der Waals surface area contributed by atoms with Gasteiger partial charge in [0.1, 0.15) is 5.76 Å². The van der Waals surface area contributed by atoms with Crippen LogP contribution in [0.4, 0.5) is 5.69 Å². The zero-order valence-electron chi connectivity index (χ0n) is 9.78. The molecule has 2 aromatic heterocycles. The fourth-order valence-corrected chi connectivity index (χ4v) is 1.79. The van der Waals surface area contributed by atoms with Crippen molar-refractivity contribution in [1.82, 2.24) is 9.55 Å². The summed E-state index contributed by atoms with van der Waals surface area (Å²) in [4.78, 5) is 4.04. The van der Waals surface area contributed by atoms with E-state index in [1.165, 1.54) is 0 Å². The maximum absolute atomic E-state index is 5.28. The molecule has 0 bridgehead atoms. The summed E-state index contributed by atoms with van der Waals surface area (Å²) in [6.07, 6.45) is 7.15. The molecule has 3 rings (SSSR count). The third-order valence-corrected chi connectivity index (χ3v) is 2.70. The third kappa shape index (κ3) is 2.27. The molecule has 4 heteroatoms. The van der Waals surface area contributed by atoms with Crippen LogP contribution in [-0.4, -0.2) is 9.55 Å². The van der Waals surface area contributed by atoms with Crippen LogP contribution >= 0.6 is 0 Å². The predicted octanol–water partition coefficient (Wildman–Crippen LogP) is 3.08. The Labute approximate surface area is 105 Å². The zero-order chi connectivity index (χ0) is 12.2. The number of aromatic nitrogens is 2. The molecular weight excluding hydrogens is 226 g/mol. The minimum absolute atomic E-state index is 0.681. The zero-order valence-corrected chi connectivity index (χ0v) is 9.78. The third-order valence-electron chi connectivity index (χ3n) is 2.70. The van der Waals surface area contributed by atoms with E-state index in [2.05, 4.69) is 16.4 Å². The average Bonchev–Trinajstić information content (AvgIpc) is 3.10. The van der Waals surface area contributed by atoms with Crippen LogP contribution in [-0.2, 0) is 6.54 Å². The Hall–Kier alpha value is -2.49. The number of benzene rings is 1. The lowest BCUT2D eigenvalue weighted by Crippen LogP contribution is -1.99. The Morgan fingerprint density at radius 3 is 3.00 bits per heavy atom. The number of nitrogens with zero attached hydrogens (tertiary/aromatic N) is 2. The number of rotatable bonds is 4. The van der Waals surface area contributed by atoms with E-state index in [1.54, 1.807) is 18.8 Å². The average molecular weight is 239 g/mol. The van der Waals surface area contributed by atoms with Gasteiger partial charge in [-0.05, 0) is 30.3 Å². The van der Waals surface area contributed by atoms with Gasteiger partial charge in [0.25, 0.3) is 0 Å². The first-order valence-electron chi connectivity index (χ1n) is 5.76. The van der Waals surface area contributed by atoms with Gasteiger partial charge in [0.2, 0.25) is 0 Å². The van der Waals surface area contributed by atoms with Crippen LogP contribution in [0.2, 0.25) is 0 Å². The molecule has 4 nitrogen and oxygen atoms in total. The molecule has 1 aromatic carbocycles. The van der Waals surface area contributed by atoms with Crippen molar-refractivity contribution >= 4 is 5.69 Å². The smallest absolute Gasteiger partial charge is 0.122 e. The van der Waals surface area contributed by atoms with E-state index in [0.29, 0.717) is 6.54 Å². The largest absolute Gasteiger partial charge is 0.467 e. The number of anilines is 1. The van der Waals surface area contributed by atoms with Crippen molar-refractivity contribution in [3.63, 3.8) is 0 Å². The monoisotopic (exact) mass is 239 g/mol. The van der Waals surface area contributed by atoms with E-state index >= 15 is 0 Å². The first-order valence-corrected chi connectivity index (χ1v) is 5.76. The van der Waals surface area contributed by atoms with Crippen molar-refractivity contribution in [3.05, 3.63) is 67.1 Å². The molecule has 0 amide bonds. The molecule has 0 unspecified atom stereocenters. The highest BCUT2D eigenvalue weighted by Crippen LogP contribution is 2.15. The molecule has 0 fully saturated rings. The van der Waals surface area contributed by atoms with Crippen molar-refractivity contribution in [2.75, 3.05) is 5.32 Å². The Morgan fingerprint density at radius 2 is 2.22 bits per heavy atom. The van der Waals surface area contributed by atoms with Crippen LogP contribution < -0.4 is 5.32 Å². The van der Waals surface area contributed by atoms with Gasteiger partial charge in [-0.25, -0.2) is 4.98 Å². The van der Waals surface area contributed by atoms with Crippen molar-refractivity contribution in [1.29, 1.82) is 0 Å². The molecule has 0 radical (unpaired) electrons. The summed E-state index contributed by atoms with van der Waals surface area (Å²) in [6.45, 7) is 0.681. The SMILES string of the molecule is c1cc(NCc2ccco2)cc(-n2ccnc2)c1. The molecule has 0 aliphatic rings. The molecule has 1 N–H and O–H groups in total. The van der Waals surface area contributed by atoms with E-state index in [9.17, 15) is 0 Å². The molecule has 0 spiro atoms. The fourth-order valence-electron chi connectivity index (χ4n) is 1.79. The van der Waals surface area contributed by atoms with Crippen molar-refractivity contribution in [3.8, 4) is 5.69 Å². The first kappa shape index (κ1) is 10.7. The maximum Gasteiger partial charge on any atom is 0.122 e. The lowest BCUT2D eigenvalue weighted by atomic mass is 10.2. The summed E-state index contributed by atoms with van der Waals surface area (Å²) in [6, 6.07) is 12.0. The maximum atomic E-state index is 5.28. The first-order chi connectivity index (χ1) is 8.92. The standard InChI is InChI=1S/C14H13N3O/c1-3-12(16-10-14-5-2-8-18-14)9-13(4-1)17-7-6-15-11-17/h1-9,11,16H,10H2. The molecule has 0 saturated carbocycles. The highest BCUT2D eigenvalue weighted by Gasteiger charge is 1.99. The Morgan fingerprint density at radius 1 is 1.22 bits per heavy atom. The predicted molar refractivity (Wildman–Crippen MR) is 69.6 cm³/mol. The van der Waals surface area contributed by atoms with Crippen molar-refractivity contribution < 1.29 is 4.42 Å². The molecule has 0 aliphatic heterocycles. The fraction of sp³-hybridized carbons (Fsp3) is 0.0714. The van der Waals surface area contributed by atoms with E-state index in [0.717, 1.165) is 17.1 Å². The van der Waals surface area contributed by atoms with Gasteiger partial charge in [-0.15, -0.1) is 0 Å². The number of imidazole rings is 1. The minimum atomic E-state index is 0.681. The molecule has 2 heterocycles. The summed E-state index contributed by atoms with van der Waals surface area (Å²) in [5.41, 5.74) is 2.13. The minimum Gasteiger partial charge on any atom is -0.467 e. The van der Waals surface area contributed by atoms with E-state index in [1.807, 2.05) is 41.1 Å². The summed E-state index contributed by atoms with van der Waals surface area (Å²) in [7, 11) is 0. The Balaban J connectivity index is 1.75. The quantitative estimate of drug-likeness (QED) is 0.760. The summed E-state index contributed by atoms with van der Waals surface area (Å²) in [5, 5.41) is 3.32. The van der Waals surface area contributed by atoms with Gasteiger partial charge in [0.15, 0.2) is 0 Å². The van der Waals surface area contributed by atoms with Crippen LogP contribution in [0.25, 0.3) is 5.69 Å². The molecule has 18 heavy (non-hydrogen) atoms. The van der Waals surface area contributed by atoms with Gasteiger partial charge >= 0.3 is 0 Å². The van der Waals surface area contributed by atoms with E-state index in [4.69, 9.17) is 4.42 Å². The lowest BCUT2D eigenvalue weighted by Gasteiger charge is -2.07. The van der Waals surface area contributed by atoms with Crippen LogP contribution in [0.5, 0.6) is 0 Å². The molecule has 0 atom stereocenters. The summed E-state index contributed by atoms with van der Waals surface area (Å²) in [5.74, 6) is 0.919. The van der Waals surface area contributed by atoms with Crippen LogP contribution in [0, 0.1) is 0 Å². The Bertz CT molecular complexity index is 600. The van der Waals surface area contributed by atoms with Crippen LogP contribution in [0.15, 0.2) is 65.8 Å². The van der Waals surface area contributed by atoms with Crippen molar-refractivity contribution in [2.45, 2.75) is 6.54 Å². The van der Waals surface area contributed by atoms with Gasteiger partial charge in [-0.3, -0.25) is 0 Å². The second kappa shape index (κ2) is 4.79. The van der Waals surface area contributed by atoms with Crippen LogP contribution in [0.3, 0.4) is 0 Å². The van der Waals surface area contributed by atoms with Gasteiger partial charge < -0.3 is 14.3 Å². The number of hydrogen-bond acceptors (Lipinski definition) is 3. The molecular formula is C14H13N3O. The topological polar surface area (TPSA) is 43.0 Å². The lowest BCUT2D eigenvalue weighted by molar-refractivity contribution is 0.518. The summed E-state index contributed by atoms with van der Waals surface area (Å²) >= 11 is 0. The number of furan rings is 1. The second-order valence-electron chi connectivity index (χ2n) is 3.95.